The van der Waals surface area contributed by atoms with Crippen LogP contribution in [0.1, 0.15) is 27.2 Å². The molecule has 0 aromatic heterocycles. The van der Waals surface area contributed by atoms with Gasteiger partial charge in [-0.3, -0.25) is 9.59 Å². The van der Waals surface area contributed by atoms with Gasteiger partial charge in [-0.1, -0.05) is 20.8 Å². The highest BCUT2D eigenvalue weighted by Gasteiger charge is 2.21. The number of rotatable bonds is 8. The van der Waals surface area contributed by atoms with Crippen molar-refractivity contribution in [2.45, 2.75) is 27.2 Å². The van der Waals surface area contributed by atoms with Gasteiger partial charge >= 0.3 is 0 Å². The Bertz CT molecular complexity index is 265. The molecule has 0 bridgehead atoms. The van der Waals surface area contributed by atoms with E-state index in [4.69, 9.17) is 5.11 Å². The number of aliphatic hydroxyl groups is 1. The van der Waals surface area contributed by atoms with Gasteiger partial charge < -0.3 is 15.7 Å². The molecule has 106 valence electrons. The van der Waals surface area contributed by atoms with E-state index in [0.29, 0.717) is 6.54 Å². The van der Waals surface area contributed by atoms with Crippen molar-refractivity contribution in [3.05, 3.63) is 0 Å². The van der Waals surface area contributed by atoms with E-state index in [0.717, 1.165) is 17.9 Å². The molecule has 0 unspecified atom stereocenters. The van der Waals surface area contributed by atoms with Gasteiger partial charge in [0, 0.05) is 24.3 Å². The minimum atomic E-state index is -0.472. The quantitative estimate of drug-likeness (QED) is 0.560. The molecule has 0 saturated heterocycles. The van der Waals surface area contributed by atoms with Crippen molar-refractivity contribution >= 4 is 23.6 Å². The molecule has 0 aliphatic rings. The Morgan fingerprint density at radius 2 is 1.83 bits per heavy atom. The molecule has 0 aliphatic heterocycles. The Balaban J connectivity index is 3.52. The van der Waals surface area contributed by atoms with Crippen LogP contribution in [0.2, 0.25) is 0 Å². The van der Waals surface area contributed by atoms with Gasteiger partial charge in [0.05, 0.1) is 6.54 Å². The highest BCUT2D eigenvalue weighted by molar-refractivity contribution is 7.99. The van der Waals surface area contributed by atoms with E-state index in [1.807, 2.05) is 0 Å². The fourth-order valence-corrected chi connectivity index (χ4v) is 1.80. The summed E-state index contributed by atoms with van der Waals surface area (Å²) >= 11 is 1.69. The molecule has 0 aromatic carbocycles. The molecule has 0 rings (SSSR count). The lowest BCUT2D eigenvalue weighted by molar-refractivity contribution is -0.131. The standard InChI is InChI=1S/C12H24N2O3S/c1-12(2,3)11(17)14-9-10(16)13-5-8-18-7-4-6-15/h15H,4-9H2,1-3H3,(H,13,16)(H,14,17). The van der Waals surface area contributed by atoms with E-state index in [9.17, 15) is 9.59 Å². The number of hydrogen-bond acceptors (Lipinski definition) is 4. The molecule has 0 atom stereocenters. The summed E-state index contributed by atoms with van der Waals surface area (Å²) < 4.78 is 0. The smallest absolute Gasteiger partial charge is 0.239 e. The number of carbonyl (C=O) groups excluding carboxylic acids is 2. The first-order valence-corrected chi connectivity index (χ1v) is 7.27. The van der Waals surface area contributed by atoms with Crippen molar-refractivity contribution < 1.29 is 14.7 Å². The van der Waals surface area contributed by atoms with Crippen LogP contribution in [0, 0.1) is 5.41 Å². The second-order valence-electron chi connectivity index (χ2n) is 4.97. The van der Waals surface area contributed by atoms with E-state index in [1.54, 1.807) is 32.5 Å². The highest BCUT2D eigenvalue weighted by atomic mass is 32.2. The van der Waals surface area contributed by atoms with E-state index in [1.165, 1.54) is 0 Å². The predicted molar refractivity (Wildman–Crippen MR) is 74.5 cm³/mol. The number of thioether (sulfide) groups is 1. The van der Waals surface area contributed by atoms with E-state index in [-0.39, 0.29) is 25.0 Å². The fourth-order valence-electron chi connectivity index (χ4n) is 1.02. The highest BCUT2D eigenvalue weighted by Crippen LogP contribution is 2.11. The average molecular weight is 276 g/mol. The first-order valence-electron chi connectivity index (χ1n) is 6.11. The Labute approximate surface area is 113 Å². The van der Waals surface area contributed by atoms with Crippen LogP contribution in [0.15, 0.2) is 0 Å². The van der Waals surface area contributed by atoms with Crippen LogP contribution in [0.4, 0.5) is 0 Å². The maximum absolute atomic E-state index is 11.5. The third kappa shape index (κ3) is 9.30. The number of nitrogens with one attached hydrogen (secondary N) is 2. The minimum absolute atomic E-state index is 0.0252. The molecule has 0 aromatic rings. The van der Waals surface area contributed by atoms with Gasteiger partial charge in [0.15, 0.2) is 0 Å². The van der Waals surface area contributed by atoms with Crippen LogP contribution in [-0.2, 0) is 9.59 Å². The molecule has 0 heterocycles. The van der Waals surface area contributed by atoms with E-state index >= 15 is 0 Å². The van der Waals surface area contributed by atoms with Gasteiger partial charge in [0.2, 0.25) is 11.8 Å². The lowest BCUT2D eigenvalue weighted by Crippen LogP contribution is -2.42. The van der Waals surface area contributed by atoms with Crippen LogP contribution in [0.25, 0.3) is 0 Å². The molecule has 2 amide bonds. The van der Waals surface area contributed by atoms with E-state index < -0.39 is 5.41 Å². The van der Waals surface area contributed by atoms with Crippen LogP contribution < -0.4 is 10.6 Å². The lowest BCUT2D eigenvalue weighted by atomic mass is 9.96. The third-order valence-electron chi connectivity index (χ3n) is 2.11. The normalized spacial score (nSPS) is 11.1. The topological polar surface area (TPSA) is 78.4 Å². The van der Waals surface area contributed by atoms with Crippen molar-refractivity contribution in [1.29, 1.82) is 0 Å². The summed E-state index contributed by atoms with van der Waals surface area (Å²) in [6.07, 6.45) is 0.778. The molecule has 3 N–H and O–H groups in total. The van der Waals surface area contributed by atoms with Crippen LogP contribution in [0.5, 0.6) is 0 Å². The summed E-state index contributed by atoms with van der Waals surface area (Å²) in [5.74, 6) is 1.41. The van der Waals surface area contributed by atoms with Crippen molar-refractivity contribution in [2.24, 2.45) is 5.41 Å². The number of carbonyl (C=O) groups is 2. The molecular formula is C12H24N2O3S. The molecule has 0 aliphatic carbocycles. The van der Waals surface area contributed by atoms with Gasteiger partial charge in [-0.2, -0.15) is 11.8 Å². The van der Waals surface area contributed by atoms with Gasteiger partial charge in [-0.05, 0) is 12.2 Å². The van der Waals surface area contributed by atoms with Crippen molar-refractivity contribution in [2.75, 3.05) is 31.2 Å². The molecular weight excluding hydrogens is 252 g/mol. The average Bonchev–Trinajstić information content (AvgIpc) is 2.29. The lowest BCUT2D eigenvalue weighted by Gasteiger charge is -2.17. The zero-order chi connectivity index (χ0) is 14.0. The summed E-state index contributed by atoms with van der Waals surface area (Å²) in [5, 5.41) is 13.9. The second-order valence-corrected chi connectivity index (χ2v) is 6.20. The number of amides is 2. The summed E-state index contributed by atoms with van der Waals surface area (Å²) in [4.78, 5) is 22.9. The predicted octanol–water partition coefficient (Wildman–Crippen LogP) is 0.381. The van der Waals surface area contributed by atoms with Crippen molar-refractivity contribution in [1.82, 2.24) is 10.6 Å². The van der Waals surface area contributed by atoms with Gasteiger partial charge in [-0.25, -0.2) is 0 Å². The second kappa shape index (κ2) is 9.22. The Morgan fingerprint density at radius 3 is 2.39 bits per heavy atom. The largest absolute Gasteiger partial charge is 0.396 e. The first-order chi connectivity index (χ1) is 8.38. The van der Waals surface area contributed by atoms with Crippen LogP contribution >= 0.6 is 11.8 Å². The zero-order valence-electron chi connectivity index (χ0n) is 11.4. The Kier molecular flexibility index (Phi) is 8.83. The van der Waals surface area contributed by atoms with Gasteiger partial charge in [0.1, 0.15) is 0 Å². The van der Waals surface area contributed by atoms with Crippen LogP contribution in [0.3, 0.4) is 0 Å². The molecule has 0 radical (unpaired) electrons. The molecule has 5 nitrogen and oxygen atoms in total. The van der Waals surface area contributed by atoms with Crippen molar-refractivity contribution in [3.63, 3.8) is 0 Å². The molecule has 0 saturated carbocycles. The summed E-state index contributed by atoms with van der Waals surface area (Å²) in [6, 6.07) is 0. The SMILES string of the molecule is CC(C)(C)C(=O)NCC(=O)NCCSCCCO. The first kappa shape index (κ1) is 17.2. The fraction of sp³-hybridized carbons (Fsp3) is 0.833. The molecule has 18 heavy (non-hydrogen) atoms. The summed E-state index contributed by atoms with van der Waals surface area (Å²) in [6.45, 7) is 6.23. The van der Waals surface area contributed by atoms with Crippen LogP contribution in [-0.4, -0.2) is 48.1 Å². The molecule has 6 heteroatoms. The van der Waals surface area contributed by atoms with Gasteiger partial charge in [-0.15, -0.1) is 0 Å². The Morgan fingerprint density at radius 1 is 1.17 bits per heavy atom. The maximum Gasteiger partial charge on any atom is 0.239 e. The van der Waals surface area contributed by atoms with Crippen molar-refractivity contribution in [3.8, 4) is 0 Å². The third-order valence-corrected chi connectivity index (χ3v) is 3.18. The zero-order valence-corrected chi connectivity index (χ0v) is 12.2. The summed E-state index contributed by atoms with van der Waals surface area (Å²) in [7, 11) is 0. The number of hydrogen-bond donors (Lipinski definition) is 3. The molecule has 0 fully saturated rings. The summed E-state index contributed by atoms with van der Waals surface area (Å²) in [5.41, 5.74) is -0.472. The Hall–Kier alpha value is -0.750. The van der Waals surface area contributed by atoms with E-state index in [2.05, 4.69) is 10.6 Å². The van der Waals surface area contributed by atoms with Gasteiger partial charge in [0.25, 0.3) is 0 Å². The number of aliphatic hydroxyl groups excluding tert-OH is 1. The molecule has 0 spiro atoms. The maximum atomic E-state index is 11.5. The minimum Gasteiger partial charge on any atom is -0.396 e. The monoisotopic (exact) mass is 276 g/mol.